The normalized spacial score (nSPS) is 12.2. The van der Waals surface area contributed by atoms with Gasteiger partial charge in [0, 0.05) is 15.7 Å². The minimum Gasteiger partial charge on any atom is -0.363 e. The molecule has 0 bridgehead atoms. The first-order chi connectivity index (χ1) is 8.58. The molecule has 0 radical (unpaired) electrons. The lowest BCUT2D eigenvalue weighted by Gasteiger charge is -2.16. The molecule has 0 saturated carbocycles. The van der Waals surface area contributed by atoms with Gasteiger partial charge in [-0.3, -0.25) is 0 Å². The highest BCUT2D eigenvalue weighted by Gasteiger charge is 2.09. The topological polar surface area (TPSA) is 24.9 Å². The van der Waals surface area contributed by atoms with E-state index in [2.05, 4.69) is 33.2 Å². The van der Waals surface area contributed by atoms with E-state index < -0.39 is 0 Å². The summed E-state index contributed by atoms with van der Waals surface area (Å²) in [6.45, 7) is 4.11. The lowest BCUT2D eigenvalue weighted by Crippen LogP contribution is -2.08. The Morgan fingerprint density at radius 1 is 1.33 bits per heavy atom. The Morgan fingerprint density at radius 2 is 2.06 bits per heavy atom. The van der Waals surface area contributed by atoms with Crippen LogP contribution in [0.25, 0.3) is 0 Å². The van der Waals surface area contributed by atoms with Gasteiger partial charge in [-0.25, -0.2) is 4.98 Å². The highest BCUT2D eigenvalue weighted by atomic mass is 79.9. The zero-order valence-corrected chi connectivity index (χ0v) is 12.6. The summed E-state index contributed by atoms with van der Waals surface area (Å²) in [5.41, 5.74) is 2.22. The van der Waals surface area contributed by atoms with E-state index in [1.165, 1.54) is 0 Å². The van der Waals surface area contributed by atoms with Gasteiger partial charge in [-0.15, -0.1) is 0 Å². The zero-order chi connectivity index (χ0) is 13.1. The van der Waals surface area contributed by atoms with Crippen LogP contribution in [-0.4, -0.2) is 4.98 Å². The Kier molecular flexibility index (Phi) is 4.25. The van der Waals surface area contributed by atoms with E-state index in [0.29, 0.717) is 0 Å². The lowest BCUT2D eigenvalue weighted by atomic mass is 10.1. The molecule has 0 spiro atoms. The van der Waals surface area contributed by atoms with Crippen molar-refractivity contribution < 1.29 is 0 Å². The van der Waals surface area contributed by atoms with Crippen LogP contribution in [0.5, 0.6) is 0 Å². The Balaban J connectivity index is 2.19. The number of aromatic nitrogens is 1. The molecule has 0 aliphatic heterocycles. The molecule has 18 heavy (non-hydrogen) atoms. The molecular formula is C14H14BrClN2. The van der Waals surface area contributed by atoms with Gasteiger partial charge in [0.05, 0.1) is 6.04 Å². The van der Waals surface area contributed by atoms with Crippen molar-refractivity contribution in [2.45, 2.75) is 19.9 Å². The van der Waals surface area contributed by atoms with E-state index in [4.69, 9.17) is 11.6 Å². The summed E-state index contributed by atoms with van der Waals surface area (Å²) in [7, 11) is 0. The fraction of sp³-hybridized carbons (Fsp3) is 0.214. The number of nitrogens with one attached hydrogen (secondary N) is 1. The van der Waals surface area contributed by atoms with Crippen molar-refractivity contribution in [3.63, 3.8) is 0 Å². The van der Waals surface area contributed by atoms with Crippen LogP contribution in [0, 0.1) is 6.92 Å². The van der Waals surface area contributed by atoms with Gasteiger partial charge in [0.15, 0.2) is 0 Å². The van der Waals surface area contributed by atoms with Crippen LogP contribution >= 0.6 is 27.5 Å². The van der Waals surface area contributed by atoms with Gasteiger partial charge in [0.25, 0.3) is 0 Å². The number of hydrogen-bond donors (Lipinski definition) is 1. The molecule has 2 nitrogen and oxygen atoms in total. The Morgan fingerprint density at radius 3 is 2.72 bits per heavy atom. The first-order valence-corrected chi connectivity index (χ1v) is 6.88. The number of pyridine rings is 1. The standard InChI is InChI=1S/C14H14BrClN2/c1-9-7-14(17-8-12(9)15)18-10(2)11-5-3-4-6-13(11)16/h3-8,10H,1-2H3,(H,17,18). The van der Waals surface area contributed by atoms with Crippen molar-refractivity contribution in [2.24, 2.45) is 0 Å². The molecule has 0 fully saturated rings. The summed E-state index contributed by atoms with van der Waals surface area (Å²) in [6, 6.07) is 9.96. The molecule has 1 heterocycles. The van der Waals surface area contributed by atoms with Crippen molar-refractivity contribution in [3.8, 4) is 0 Å². The van der Waals surface area contributed by atoms with Crippen LogP contribution in [0.4, 0.5) is 5.82 Å². The summed E-state index contributed by atoms with van der Waals surface area (Å²) in [4.78, 5) is 4.33. The molecule has 1 atom stereocenters. The summed E-state index contributed by atoms with van der Waals surface area (Å²) in [5.74, 6) is 0.850. The zero-order valence-electron chi connectivity index (χ0n) is 10.2. The molecule has 0 aliphatic rings. The number of anilines is 1. The maximum atomic E-state index is 6.17. The fourth-order valence-corrected chi connectivity index (χ4v) is 2.26. The lowest BCUT2D eigenvalue weighted by molar-refractivity contribution is 0.874. The third-order valence-corrected chi connectivity index (χ3v) is 3.96. The van der Waals surface area contributed by atoms with Crippen molar-refractivity contribution in [1.29, 1.82) is 0 Å². The average molecular weight is 326 g/mol. The molecule has 2 rings (SSSR count). The van der Waals surface area contributed by atoms with E-state index >= 15 is 0 Å². The Hall–Kier alpha value is -1.06. The summed E-state index contributed by atoms with van der Waals surface area (Å²) >= 11 is 9.61. The van der Waals surface area contributed by atoms with Gasteiger partial charge in [-0.1, -0.05) is 29.8 Å². The molecular weight excluding hydrogens is 312 g/mol. The number of rotatable bonds is 3. The molecule has 0 aliphatic carbocycles. The molecule has 4 heteroatoms. The summed E-state index contributed by atoms with van der Waals surface area (Å²) in [5, 5.41) is 4.12. The van der Waals surface area contributed by atoms with Crippen LogP contribution < -0.4 is 5.32 Å². The third-order valence-electron chi connectivity index (χ3n) is 2.78. The minimum atomic E-state index is 0.117. The largest absolute Gasteiger partial charge is 0.363 e. The van der Waals surface area contributed by atoms with Gasteiger partial charge in [0.2, 0.25) is 0 Å². The number of nitrogens with zero attached hydrogens (tertiary/aromatic N) is 1. The van der Waals surface area contributed by atoms with Crippen LogP contribution in [0.1, 0.15) is 24.1 Å². The SMILES string of the molecule is Cc1cc(NC(C)c2ccccc2Cl)ncc1Br. The van der Waals surface area contributed by atoms with Gasteiger partial charge in [-0.05, 0) is 53.0 Å². The predicted molar refractivity (Wildman–Crippen MR) is 80.2 cm³/mol. The van der Waals surface area contributed by atoms with E-state index in [1.54, 1.807) is 6.20 Å². The highest BCUT2D eigenvalue weighted by molar-refractivity contribution is 9.10. The molecule has 2 aromatic rings. The maximum absolute atomic E-state index is 6.17. The number of aryl methyl sites for hydroxylation is 1. The van der Waals surface area contributed by atoms with Crippen molar-refractivity contribution in [2.75, 3.05) is 5.32 Å². The van der Waals surface area contributed by atoms with Gasteiger partial charge in [0.1, 0.15) is 5.82 Å². The van der Waals surface area contributed by atoms with E-state index in [-0.39, 0.29) is 6.04 Å². The van der Waals surface area contributed by atoms with Gasteiger partial charge in [-0.2, -0.15) is 0 Å². The molecule has 0 saturated heterocycles. The van der Waals surface area contributed by atoms with Crippen molar-refractivity contribution >= 4 is 33.3 Å². The number of hydrogen-bond acceptors (Lipinski definition) is 2. The van der Waals surface area contributed by atoms with Crippen LogP contribution in [0.3, 0.4) is 0 Å². The second kappa shape index (κ2) is 5.72. The molecule has 94 valence electrons. The van der Waals surface area contributed by atoms with Gasteiger partial charge >= 0.3 is 0 Å². The molecule has 1 unspecified atom stereocenters. The second-order valence-electron chi connectivity index (χ2n) is 4.21. The van der Waals surface area contributed by atoms with E-state index in [0.717, 1.165) is 26.4 Å². The second-order valence-corrected chi connectivity index (χ2v) is 5.47. The molecule has 1 aromatic heterocycles. The Labute approximate surface area is 121 Å². The average Bonchev–Trinajstić information content (AvgIpc) is 2.34. The monoisotopic (exact) mass is 324 g/mol. The summed E-state index contributed by atoms with van der Waals surface area (Å²) < 4.78 is 1.01. The Bertz CT molecular complexity index is 557. The molecule has 0 amide bonds. The minimum absolute atomic E-state index is 0.117. The van der Waals surface area contributed by atoms with E-state index in [1.807, 2.05) is 37.3 Å². The van der Waals surface area contributed by atoms with Crippen LogP contribution in [-0.2, 0) is 0 Å². The third kappa shape index (κ3) is 3.03. The fourth-order valence-electron chi connectivity index (χ4n) is 1.74. The van der Waals surface area contributed by atoms with Crippen LogP contribution in [0.2, 0.25) is 5.02 Å². The van der Waals surface area contributed by atoms with E-state index in [9.17, 15) is 0 Å². The number of benzene rings is 1. The van der Waals surface area contributed by atoms with Crippen molar-refractivity contribution in [3.05, 3.63) is 57.2 Å². The quantitative estimate of drug-likeness (QED) is 0.861. The van der Waals surface area contributed by atoms with Crippen molar-refractivity contribution in [1.82, 2.24) is 4.98 Å². The number of halogens is 2. The maximum Gasteiger partial charge on any atom is 0.126 e. The molecule has 1 N–H and O–H groups in total. The first kappa shape index (κ1) is 13.4. The predicted octanol–water partition coefficient (Wildman–Crippen LogP) is 4.98. The summed E-state index contributed by atoms with van der Waals surface area (Å²) in [6.07, 6.45) is 1.80. The smallest absolute Gasteiger partial charge is 0.126 e. The molecule has 1 aromatic carbocycles. The van der Waals surface area contributed by atoms with Gasteiger partial charge < -0.3 is 5.32 Å². The first-order valence-electron chi connectivity index (χ1n) is 5.71. The highest BCUT2D eigenvalue weighted by Crippen LogP contribution is 2.26. The van der Waals surface area contributed by atoms with Crippen LogP contribution in [0.15, 0.2) is 41.0 Å².